The van der Waals surface area contributed by atoms with Gasteiger partial charge in [0.2, 0.25) is 11.8 Å². The summed E-state index contributed by atoms with van der Waals surface area (Å²) in [6, 6.07) is 24.4. The summed E-state index contributed by atoms with van der Waals surface area (Å²) in [6.07, 6.45) is 0. The minimum Gasteiger partial charge on any atom is -0.274 e. The van der Waals surface area contributed by atoms with Crippen LogP contribution in [0.2, 0.25) is 10.0 Å². The van der Waals surface area contributed by atoms with E-state index in [-0.39, 0.29) is 11.8 Å². The molecule has 1 saturated carbocycles. The number of amides is 2. The fourth-order valence-electron chi connectivity index (χ4n) is 5.22. The number of fused-ring (bicyclic) bond motifs is 1. The molecule has 3 aromatic carbocycles. The van der Waals surface area contributed by atoms with Crippen LogP contribution in [0.5, 0.6) is 0 Å². The lowest BCUT2D eigenvalue weighted by atomic mass is 9.79. The first kappa shape index (κ1) is 18.4. The van der Waals surface area contributed by atoms with E-state index in [1.165, 1.54) is 4.90 Å². The van der Waals surface area contributed by atoms with Crippen molar-refractivity contribution in [3.63, 3.8) is 0 Å². The third-order valence-electron chi connectivity index (χ3n) is 6.42. The number of piperidine rings is 1. The van der Waals surface area contributed by atoms with Crippen molar-refractivity contribution >= 4 is 40.7 Å². The lowest BCUT2D eigenvalue weighted by Gasteiger charge is -2.29. The van der Waals surface area contributed by atoms with Crippen molar-refractivity contribution in [1.29, 1.82) is 0 Å². The smallest absolute Gasteiger partial charge is 0.241 e. The molecule has 2 fully saturated rings. The molecule has 29 heavy (non-hydrogen) atoms. The SMILES string of the molecule is CC12C(=O)N(c3cc(Cl)cc(Cl)c3)C(=O)C1C2(c1ccccc1)c1ccccc1. The highest BCUT2D eigenvalue weighted by Crippen LogP contribution is 2.76. The number of carbonyl (C=O) groups excluding carboxylic acids is 2. The summed E-state index contributed by atoms with van der Waals surface area (Å²) in [5.41, 5.74) is 0.818. The molecule has 0 aromatic heterocycles. The van der Waals surface area contributed by atoms with E-state index in [4.69, 9.17) is 23.2 Å². The van der Waals surface area contributed by atoms with Crippen LogP contribution in [-0.2, 0) is 15.0 Å². The summed E-state index contributed by atoms with van der Waals surface area (Å²) in [5, 5.41) is 0.771. The Kier molecular flexibility index (Phi) is 3.93. The molecule has 2 aliphatic rings. The van der Waals surface area contributed by atoms with Crippen molar-refractivity contribution in [1.82, 2.24) is 0 Å². The van der Waals surface area contributed by atoms with Crippen LogP contribution in [0, 0.1) is 11.3 Å². The molecule has 2 amide bonds. The van der Waals surface area contributed by atoms with Crippen molar-refractivity contribution in [2.75, 3.05) is 4.90 Å². The molecule has 144 valence electrons. The Labute approximate surface area is 178 Å². The highest BCUT2D eigenvalue weighted by atomic mass is 35.5. The van der Waals surface area contributed by atoms with Crippen LogP contribution >= 0.6 is 23.2 Å². The first-order valence-electron chi connectivity index (χ1n) is 9.38. The average Bonchev–Trinajstić information content (AvgIpc) is 3.23. The Balaban J connectivity index is 1.68. The maximum atomic E-state index is 13.7. The van der Waals surface area contributed by atoms with Gasteiger partial charge in [-0.05, 0) is 36.2 Å². The molecule has 1 saturated heterocycles. The molecule has 5 heteroatoms. The van der Waals surface area contributed by atoms with Crippen molar-refractivity contribution in [2.45, 2.75) is 12.3 Å². The van der Waals surface area contributed by atoms with Gasteiger partial charge >= 0.3 is 0 Å². The van der Waals surface area contributed by atoms with Gasteiger partial charge in [0.05, 0.1) is 17.0 Å². The van der Waals surface area contributed by atoms with E-state index in [1.54, 1.807) is 18.2 Å². The highest BCUT2D eigenvalue weighted by Gasteiger charge is 2.86. The first-order valence-corrected chi connectivity index (χ1v) is 10.1. The number of carbonyl (C=O) groups is 2. The predicted octanol–water partition coefficient (Wildman–Crippen LogP) is 5.49. The van der Waals surface area contributed by atoms with Gasteiger partial charge in [0.15, 0.2) is 0 Å². The lowest BCUT2D eigenvalue weighted by molar-refractivity contribution is -0.125. The summed E-state index contributed by atoms with van der Waals surface area (Å²) < 4.78 is 0. The number of hydrogen-bond donors (Lipinski definition) is 0. The molecule has 1 aliphatic carbocycles. The summed E-state index contributed by atoms with van der Waals surface area (Å²) in [6.45, 7) is 1.89. The normalized spacial score (nSPS) is 24.5. The molecule has 5 rings (SSSR count). The second-order valence-electron chi connectivity index (χ2n) is 7.78. The zero-order valence-corrected chi connectivity index (χ0v) is 17.1. The van der Waals surface area contributed by atoms with Gasteiger partial charge in [0.1, 0.15) is 0 Å². The molecule has 0 bridgehead atoms. The van der Waals surface area contributed by atoms with E-state index in [9.17, 15) is 9.59 Å². The molecule has 0 spiro atoms. The van der Waals surface area contributed by atoms with Gasteiger partial charge in [-0.25, -0.2) is 4.90 Å². The van der Waals surface area contributed by atoms with Crippen LogP contribution in [0.15, 0.2) is 78.9 Å². The third kappa shape index (κ3) is 2.26. The van der Waals surface area contributed by atoms with Crippen LogP contribution < -0.4 is 4.90 Å². The fourth-order valence-corrected chi connectivity index (χ4v) is 5.73. The zero-order chi connectivity index (χ0) is 20.4. The lowest BCUT2D eigenvalue weighted by Crippen LogP contribution is -2.42. The predicted molar refractivity (Wildman–Crippen MR) is 114 cm³/mol. The molecule has 0 N–H and O–H groups in total. The topological polar surface area (TPSA) is 37.4 Å². The monoisotopic (exact) mass is 421 g/mol. The van der Waals surface area contributed by atoms with Crippen LogP contribution in [0.4, 0.5) is 5.69 Å². The van der Waals surface area contributed by atoms with Gasteiger partial charge in [-0.1, -0.05) is 83.9 Å². The Morgan fingerprint density at radius 1 is 0.793 bits per heavy atom. The zero-order valence-electron chi connectivity index (χ0n) is 15.6. The molecule has 3 nitrogen and oxygen atoms in total. The number of rotatable bonds is 3. The van der Waals surface area contributed by atoms with E-state index in [1.807, 2.05) is 67.6 Å². The van der Waals surface area contributed by atoms with Crippen molar-refractivity contribution in [3.8, 4) is 0 Å². The number of imide groups is 1. The Bertz CT molecular complexity index is 1090. The van der Waals surface area contributed by atoms with E-state index in [0.29, 0.717) is 15.7 Å². The van der Waals surface area contributed by atoms with Crippen molar-refractivity contribution in [2.24, 2.45) is 11.3 Å². The Hall–Kier alpha value is -2.62. The third-order valence-corrected chi connectivity index (χ3v) is 6.86. The van der Waals surface area contributed by atoms with Gasteiger partial charge in [-0.2, -0.15) is 0 Å². The van der Waals surface area contributed by atoms with Gasteiger partial charge in [-0.3, -0.25) is 9.59 Å². The van der Waals surface area contributed by atoms with Crippen LogP contribution in [0.3, 0.4) is 0 Å². The van der Waals surface area contributed by atoms with Crippen LogP contribution in [0.25, 0.3) is 0 Å². The summed E-state index contributed by atoms with van der Waals surface area (Å²) in [7, 11) is 0. The molecule has 1 heterocycles. The van der Waals surface area contributed by atoms with Crippen LogP contribution in [0.1, 0.15) is 18.1 Å². The summed E-state index contributed by atoms with van der Waals surface area (Å²) in [4.78, 5) is 28.5. The number of hydrogen-bond acceptors (Lipinski definition) is 2. The quantitative estimate of drug-likeness (QED) is 0.524. The standard InChI is InChI=1S/C24H17Cl2NO2/c1-23-20(21(28)27(22(23)29)19-13-17(25)12-18(26)14-19)24(23,15-8-4-2-5-9-15)16-10-6-3-7-11-16/h2-14,20H,1H3. The van der Waals surface area contributed by atoms with E-state index in [0.717, 1.165) is 11.1 Å². The summed E-state index contributed by atoms with van der Waals surface area (Å²) >= 11 is 12.2. The number of benzene rings is 3. The molecule has 1 aliphatic heterocycles. The number of halogens is 2. The number of nitrogens with zero attached hydrogens (tertiary/aromatic N) is 1. The molecule has 0 radical (unpaired) electrons. The van der Waals surface area contributed by atoms with Gasteiger partial charge < -0.3 is 0 Å². The van der Waals surface area contributed by atoms with E-state index in [2.05, 4.69) is 0 Å². The molecule has 2 atom stereocenters. The molecule has 3 aromatic rings. The van der Waals surface area contributed by atoms with Crippen LogP contribution in [-0.4, -0.2) is 11.8 Å². The minimum atomic E-state index is -0.873. The molecule has 2 unspecified atom stereocenters. The van der Waals surface area contributed by atoms with E-state index >= 15 is 0 Å². The second-order valence-corrected chi connectivity index (χ2v) is 8.65. The van der Waals surface area contributed by atoms with Gasteiger partial charge in [-0.15, -0.1) is 0 Å². The van der Waals surface area contributed by atoms with Gasteiger partial charge in [0, 0.05) is 15.5 Å². The Morgan fingerprint density at radius 3 is 1.69 bits per heavy atom. The maximum absolute atomic E-state index is 13.7. The largest absolute Gasteiger partial charge is 0.274 e. The second kappa shape index (κ2) is 6.19. The highest BCUT2D eigenvalue weighted by molar-refractivity contribution is 6.36. The maximum Gasteiger partial charge on any atom is 0.241 e. The Morgan fingerprint density at radius 2 is 1.28 bits per heavy atom. The van der Waals surface area contributed by atoms with Crippen molar-refractivity contribution in [3.05, 3.63) is 100 Å². The minimum absolute atomic E-state index is 0.219. The average molecular weight is 422 g/mol. The van der Waals surface area contributed by atoms with E-state index < -0.39 is 16.7 Å². The van der Waals surface area contributed by atoms with Crippen molar-refractivity contribution < 1.29 is 9.59 Å². The molecular weight excluding hydrogens is 405 g/mol. The number of anilines is 1. The fraction of sp³-hybridized carbons (Fsp3) is 0.167. The molecular formula is C24H17Cl2NO2. The summed E-state index contributed by atoms with van der Waals surface area (Å²) in [5.74, 6) is -0.924. The first-order chi connectivity index (χ1) is 13.9. The van der Waals surface area contributed by atoms with Gasteiger partial charge in [0.25, 0.3) is 0 Å².